The van der Waals surface area contributed by atoms with Crippen molar-refractivity contribution in [3.05, 3.63) is 42.1 Å². The van der Waals surface area contributed by atoms with Crippen LogP contribution in [0.15, 0.2) is 36.6 Å². The van der Waals surface area contributed by atoms with Crippen LogP contribution in [0.25, 0.3) is 0 Å². The van der Waals surface area contributed by atoms with E-state index in [0.29, 0.717) is 13.0 Å². The largest absolute Gasteiger partial charge is 0.506 e. The Balaban J connectivity index is 2.36. The van der Waals surface area contributed by atoms with Crippen molar-refractivity contribution in [1.29, 1.82) is 0 Å². The summed E-state index contributed by atoms with van der Waals surface area (Å²) in [5.41, 5.74) is 0.414. The molecule has 0 aliphatic carbocycles. The van der Waals surface area contributed by atoms with Crippen LogP contribution in [0, 0.1) is 0 Å². The molecule has 0 bridgehead atoms. The first kappa shape index (κ1) is 13.8. The maximum atomic E-state index is 12.3. The van der Waals surface area contributed by atoms with Crippen molar-refractivity contribution in [2.45, 2.75) is 6.42 Å². The van der Waals surface area contributed by atoms with Gasteiger partial charge in [-0.2, -0.15) is 0 Å². The summed E-state index contributed by atoms with van der Waals surface area (Å²) in [5.74, 6) is 0. The number of nitrogens with zero attached hydrogens (tertiary/aromatic N) is 2. The Hall–Kier alpha value is -1.30. The zero-order valence-electron chi connectivity index (χ0n) is 9.74. The summed E-state index contributed by atoms with van der Waals surface area (Å²) in [7, 11) is 1.66. The van der Waals surface area contributed by atoms with Gasteiger partial charge < -0.3 is 17.8 Å². The second-order valence-corrected chi connectivity index (χ2v) is 4.08. The van der Waals surface area contributed by atoms with Gasteiger partial charge in [0, 0.05) is 18.9 Å². The number of aromatic nitrogens is 1. The summed E-state index contributed by atoms with van der Waals surface area (Å²) < 4.78 is 36.9. The van der Waals surface area contributed by atoms with Crippen molar-refractivity contribution in [3.63, 3.8) is 0 Å². The molecule has 0 N–H and O–H groups in total. The molecule has 17 heavy (non-hydrogen) atoms. The number of pyridine rings is 1. The number of likely N-dealkylation sites (N-methyl/N-ethyl adjacent to an activating group) is 1. The lowest BCUT2D eigenvalue weighted by molar-refractivity contribution is 0.361. The molecule has 0 radical (unpaired) electrons. The maximum Gasteiger partial charge on any atom is 0.506 e. The standard InChI is InChI=1S/C11H15BF3N2/c1-10(12(13,14)15)9-17(2)8-5-11-3-6-16-7-4-11/h3-4,6-7H,1,5,8-9H2,2H3/q-1. The van der Waals surface area contributed by atoms with E-state index < -0.39 is 12.4 Å². The van der Waals surface area contributed by atoms with Gasteiger partial charge in [0.15, 0.2) is 0 Å². The Kier molecular flexibility index (Phi) is 4.75. The quantitative estimate of drug-likeness (QED) is 0.713. The van der Waals surface area contributed by atoms with Crippen LogP contribution < -0.4 is 0 Å². The average Bonchev–Trinajstić information content (AvgIpc) is 2.26. The molecule has 0 unspecified atom stereocenters. The van der Waals surface area contributed by atoms with Crippen molar-refractivity contribution >= 4 is 6.98 Å². The van der Waals surface area contributed by atoms with Crippen LogP contribution in [0.1, 0.15) is 5.56 Å². The molecule has 2 nitrogen and oxygen atoms in total. The van der Waals surface area contributed by atoms with E-state index >= 15 is 0 Å². The van der Waals surface area contributed by atoms with Gasteiger partial charge >= 0.3 is 6.98 Å². The van der Waals surface area contributed by atoms with Gasteiger partial charge in [-0.15, -0.1) is 12.1 Å². The molecule has 0 aliphatic heterocycles. The predicted molar refractivity (Wildman–Crippen MR) is 63.7 cm³/mol. The van der Waals surface area contributed by atoms with Crippen LogP contribution in [-0.4, -0.2) is 37.0 Å². The minimum absolute atomic E-state index is 0.130. The van der Waals surface area contributed by atoms with E-state index in [0.717, 1.165) is 5.56 Å². The van der Waals surface area contributed by atoms with Gasteiger partial charge in [-0.1, -0.05) is 0 Å². The average molecular weight is 243 g/mol. The number of halogens is 3. The number of hydrogen-bond acceptors (Lipinski definition) is 2. The summed E-state index contributed by atoms with van der Waals surface area (Å²) in [4.78, 5) is 5.50. The monoisotopic (exact) mass is 243 g/mol. The Morgan fingerprint density at radius 2 is 1.94 bits per heavy atom. The molecule has 1 rings (SSSR count). The third-order valence-corrected chi connectivity index (χ3v) is 2.47. The number of hydrogen-bond donors (Lipinski definition) is 0. The SMILES string of the molecule is C=C(CN(C)CCc1ccncc1)[B-](F)(F)F. The highest BCUT2D eigenvalue weighted by molar-refractivity contribution is 6.66. The third kappa shape index (κ3) is 5.04. The fraction of sp³-hybridized carbons (Fsp3) is 0.364. The molecular weight excluding hydrogens is 228 g/mol. The summed E-state index contributed by atoms with van der Waals surface area (Å²) in [6.45, 7) is -1.41. The second-order valence-electron chi connectivity index (χ2n) is 4.08. The minimum Gasteiger partial charge on any atom is -0.445 e. The first-order valence-electron chi connectivity index (χ1n) is 5.34. The predicted octanol–water partition coefficient (Wildman–Crippen LogP) is 2.50. The lowest BCUT2D eigenvalue weighted by atomic mass is 9.80. The third-order valence-electron chi connectivity index (χ3n) is 2.47. The first-order valence-corrected chi connectivity index (χ1v) is 5.34. The van der Waals surface area contributed by atoms with Crippen LogP contribution in [0.4, 0.5) is 12.9 Å². The highest BCUT2D eigenvalue weighted by Crippen LogP contribution is 2.18. The van der Waals surface area contributed by atoms with Crippen molar-refractivity contribution in [3.8, 4) is 0 Å². The van der Waals surface area contributed by atoms with Crippen molar-refractivity contribution in [2.24, 2.45) is 0 Å². The van der Waals surface area contributed by atoms with E-state index in [4.69, 9.17) is 0 Å². The summed E-state index contributed by atoms with van der Waals surface area (Å²) in [6, 6.07) is 3.71. The van der Waals surface area contributed by atoms with E-state index in [1.165, 1.54) is 0 Å². The van der Waals surface area contributed by atoms with Crippen molar-refractivity contribution in [1.82, 2.24) is 9.88 Å². The zero-order chi connectivity index (χ0) is 12.9. The molecule has 6 heteroatoms. The highest BCUT2D eigenvalue weighted by atomic mass is 19.4. The number of rotatable bonds is 6. The normalized spacial score (nSPS) is 11.8. The zero-order valence-corrected chi connectivity index (χ0v) is 9.74. The molecule has 1 aromatic rings. The topological polar surface area (TPSA) is 16.1 Å². The van der Waals surface area contributed by atoms with Crippen LogP contribution in [0.2, 0.25) is 0 Å². The fourth-order valence-electron chi connectivity index (χ4n) is 1.40. The molecule has 0 amide bonds. The Morgan fingerprint density at radius 1 is 1.35 bits per heavy atom. The molecule has 0 atom stereocenters. The van der Waals surface area contributed by atoms with Gasteiger partial charge in [0.1, 0.15) is 0 Å². The summed E-state index contributed by atoms with van der Waals surface area (Å²) >= 11 is 0. The van der Waals surface area contributed by atoms with Gasteiger partial charge in [-0.25, -0.2) is 0 Å². The van der Waals surface area contributed by atoms with E-state index in [1.807, 2.05) is 12.1 Å². The molecule has 0 spiro atoms. The van der Waals surface area contributed by atoms with E-state index in [2.05, 4.69) is 11.6 Å². The molecule has 0 aliphatic rings. The van der Waals surface area contributed by atoms with Gasteiger partial charge in [0.25, 0.3) is 0 Å². The van der Waals surface area contributed by atoms with Crippen LogP contribution in [-0.2, 0) is 6.42 Å². The lowest BCUT2D eigenvalue weighted by Gasteiger charge is -2.24. The smallest absolute Gasteiger partial charge is 0.445 e. The Morgan fingerprint density at radius 3 is 2.47 bits per heavy atom. The Labute approximate surface area is 99.2 Å². The molecule has 0 saturated heterocycles. The van der Waals surface area contributed by atoms with Gasteiger partial charge in [-0.05, 0) is 37.7 Å². The highest BCUT2D eigenvalue weighted by Gasteiger charge is 2.26. The molecule has 94 valence electrons. The molecule has 0 fully saturated rings. The van der Waals surface area contributed by atoms with E-state index in [1.54, 1.807) is 24.3 Å². The van der Waals surface area contributed by atoms with E-state index in [-0.39, 0.29) is 6.54 Å². The summed E-state index contributed by atoms with van der Waals surface area (Å²) in [6.07, 6.45) is 4.05. The van der Waals surface area contributed by atoms with Crippen LogP contribution in [0.5, 0.6) is 0 Å². The van der Waals surface area contributed by atoms with Crippen molar-refractivity contribution in [2.75, 3.05) is 20.1 Å². The molecule has 1 heterocycles. The molecule has 0 aromatic carbocycles. The minimum atomic E-state index is -4.92. The summed E-state index contributed by atoms with van der Waals surface area (Å²) in [5, 5.41) is 0. The van der Waals surface area contributed by atoms with Crippen LogP contribution in [0.3, 0.4) is 0 Å². The Bertz CT molecular complexity index is 365. The second kappa shape index (κ2) is 5.86. The van der Waals surface area contributed by atoms with Crippen molar-refractivity contribution < 1.29 is 12.9 Å². The van der Waals surface area contributed by atoms with E-state index in [9.17, 15) is 12.9 Å². The fourth-order valence-corrected chi connectivity index (χ4v) is 1.40. The first-order chi connectivity index (χ1) is 7.89. The lowest BCUT2D eigenvalue weighted by Crippen LogP contribution is -2.31. The van der Waals surface area contributed by atoms with Gasteiger partial charge in [-0.3, -0.25) is 4.98 Å². The molecule has 0 saturated carbocycles. The van der Waals surface area contributed by atoms with Gasteiger partial charge in [0.05, 0.1) is 0 Å². The maximum absolute atomic E-state index is 12.3. The van der Waals surface area contributed by atoms with Crippen LogP contribution >= 0.6 is 0 Å². The molecular formula is C11H15BF3N2-. The van der Waals surface area contributed by atoms with Gasteiger partial charge in [0.2, 0.25) is 0 Å². The molecule has 1 aromatic heterocycles.